The van der Waals surface area contributed by atoms with Crippen molar-refractivity contribution in [3.8, 4) is 22.3 Å². The standard InChI is InChI=1S/C49H31N3OS/c1-3-12-30(13-4-1)31-22-24-34(25-23-31)48-50-47(33-15-5-2-6-16-33)51-49(52-48)45-37(28-29-41-44(45)38-18-9-10-20-40(38)53-41)36-19-11-21-42-43(36)39-27-26-32-14-7-8-17-35(32)46(39)54-42/h1-29,48H,(H,50,51,52). The van der Waals surface area contributed by atoms with E-state index in [2.05, 4.69) is 145 Å². The van der Waals surface area contributed by atoms with Crippen LogP contribution in [0.15, 0.2) is 190 Å². The van der Waals surface area contributed by atoms with E-state index < -0.39 is 0 Å². The number of para-hydroxylation sites is 1. The molecule has 254 valence electrons. The van der Waals surface area contributed by atoms with E-state index in [1.807, 2.05) is 47.7 Å². The van der Waals surface area contributed by atoms with E-state index in [0.29, 0.717) is 5.84 Å². The minimum atomic E-state index is -0.372. The molecule has 0 fully saturated rings. The number of thiophene rings is 1. The molecule has 2 aromatic heterocycles. The summed E-state index contributed by atoms with van der Waals surface area (Å²) >= 11 is 1.86. The first-order valence-electron chi connectivity index (χ1n) is 18.2. The summed E-state index contributed by atoms with van der Waals surface area (Å²) in [5.41, 5.74) is 9.28. The fourth-order valence-corrected chi connectivity index (χ4v) is 9.28. The monoisotopic (exact) mass is 709 g/mol. The predicted molar refractivity (Wildman–Crippen MR) is 227 cm³/mol. The van der Waals surface area contributed by atoms with Gasteiger partial charge in [-0.25, -0.2) is 9.98 Å². The van der Waals surface area contributed by atoms with E-state index in [4.69, 9.17) is 14.4 Å². The minimum absolute atomic E-state index is 0.372. The first-order chi connectivity index (χ1) is 26.8. The molecule has 1 aliphatic heterocycles. The maximum absolute atomic E-state index is 6.53. The summed E-state index contributed by atoms with van der Waals surface area (Å²) in [6.07, 6.45) is -0.372. The van der Waals surface area contributed by atoms with Gasteiger partial charge in [0.05, 0.1) is 0 Å². The number of nitrogens with one attached hydrogen (secondary N) is 1. The number of nitrogens with zero attached hydrogens (tertiary/aromatic N) is 2. The summed E-state index contributed by atoms with van der Waals surface area (Å²) in [5.74, 6) is 1.44. The second-order valence-corrected chi connectivity index (χ2v) is 14.8. The van der Waals surface area contributed by atoms with Gasteiger partial charge in [0.1, 0.15) is 23.2 Å². The third kappa shape index (κ3) is 4.97. The maximum Gasteiger partial charge on any atom is 0.159 e. The highest BCUT2D eigenvalue weighted by Gasteiger charge is 2.27. The van der Waals surface area contributed by atoms with Crippen molar-refractivity contribution < 1.29 is 4.42 Å². The molecule has 0 bridgehead atoms. The van der Waals surface area contributed by atoms with E-state index in [1.165, 1.54) is 36.5 Å². The van der Waals surface area contributed by atoms with Crippen molar-refractivity contribution in [3.63, 3.8) is 0 Å². The van der Waals surface area contributed by atoms with E-state index in [-0.39, 0.29) is 6.17 Å². The van der Waals surface area contributed by atoms with Gasteiger partial charge in [0.25, 0.3) is 0 Å². The smallest absolute Gasteiger partial charge is 0.159 e. The van der Waals surface area contributed by atoms with Crippen molar-refractivity contribution in [2.45, 2.75) is 6.17 Å². The van der Waals surface area contributed by atoms with Gasteiger partial charge in [-0.1, -0.05) is 152 Å². The number of amidine groups is 2. The first-order valence-corrected chi connectivity index (χ1v) is 19.0. The van der Waals surface area contributed by atoms with Gasteiger partial charge in [0.2, 0.25) is 0 Å². The Kier molecular flexibility index (Phi) is 7.07. The zero-order valence-corrected chi connectivity index (χ0v) is 29.8. The van der Waals surface area contributed by atoms with Crippen molar-refractivity contribution in [1.29, 1.82) is 0 Å². The second kappa shape index (κ2) is 12.4. The Morgan fingerprint density at radius 3 is 2.06 bits per heavy atom. The summed E-state index contributed by atoms with van der Waals surface area (Å²) in [7, 11) is 0. The Balaban J connectivity index is 1.16. The topological polar surface area (TPSA) is 49.9 Å². The molecule has 1 N–H and O–H groups in total. The van der Waals surface area contributed by atoms with Crippen molar-refractivity contribution in [3.05, 3.63) is 193 Å². The van der Waals surface area contributed by atoms with Crippen LogP contribution in [0.5, 0.6) is 0 Å². The summed E-state index contributed by atoms with van der Waals surface area (Å²) in [4.78, 5) is 10.6. The van der Waals surface area contributed by atoms with Gasteiger partial charge in [0.15, 0.2) is 5.84 Å². The number of fused-ring (bicyclic) bond motifs is 8. The predicted octanol–water partition coefficient (Wildman–Crippen LogP) is 12.9. The lowest BCUT2D eigenvalue weighted by atomic mass is 9.91. The number of rotatable bonds is 5. The summed E-state index contributed by atoms with van der Waals surface area (Å²) < 4.78 is 9.09. The molecule has 0 amide bonds. The fraction of sp³-hybridized carbons (Fsp3) is 0.0204. The average molecular weight is 710 g/mol. The average Bonchev–Trinajstić information content (AvgIpc) is 3.83. The van der Waals surface area contributed by atoms with Crippen LogP contribution in [0.4, 0.5) is 0 Å². The lowest BCUT2D eigenvalue weighted by molar-refractivity contribution is 0.668. The molecule has 0 spiro atoms. The normalized spacial score (nSPS) is 14.5. The molecule has 8 aromatic carbocycles. The molecule has 1 aliphatic rings. The van der Waals surface area contributed by atoms with E-state index in [1.54, 1.807) is 0 Å². The largest absolute Gasteiger partial charge is 0.456 e. The highest BCUT2D eigenvalue weighted by atomic mass is 32.1. The van der Waals surface area contributed by atoms with Gasteiger partial charge in [0, 0.05) is 42.1 Å². The van der Waals surface area contributed by atoms with Crippen LogP contribution in [0.25, 0.3) is 75.1 Å². The van der Waals surface area contributed by atoms with E-state index in [9.17, 15) is 0 Å². The van der Waals surface area contributed by atoms with Crippen molar-refractivity contribution >= 4 is 75.9 Å². The highest BCUT2D eigenvalue weighted by molar-refractivity contribution is 7.26. The number of aliphatic imine (C=N–C) groups is 2. The first kappa shape index (κ1) is 30.8. The summed E-state index contributed by atoms with van der Waals surface area (Å²) in [6.45, 7) is 0. The van der Waals surface area contributed by atoms with Crippen molar-refractivity contribution in [2.24, 2.45) is 9.98 Å². The van der Waals surface area contributed by atoms with Gasteiger partial charge < -0.3 is 9.73 Å². The molecule has 0 saturated carbocycles. The van der Waals surface area contributed by atoms with Crippen LogP contribution in [-0.4, -0.2) is 11.7 Å². The second-order valence-electron chi connectivity index (χ2n) is 13.7. The molecule has 1 unspecified atom stereocenters. The third-order valence-electron chi connectivity index (χ3n) is 10.6. The SMILES string of the molecule is c1ccc(C2=NC(c3ccc(-c4ccccc4)cc3)NC(c3c(-c4cccc5sc6c7ccccc7ccc6c45)ccc4oc5ccccc5c34)=N2)cc1. The summed E-state index contributed by atoms with van der Waals surface area (Å²) in [5, 5.41) is 10.9. The van der Waals surface area contributed by atoms with Crippen LogP contribution in [0, 0.1) is 0 Å². The van der Waals surface area contributed by atoms with E-state index in [0.717, 1.165) is 61.2 Å². The minimum Gasteiger partial charge on any atom is -0.456 e. The summed E-state index contributed by atoms with van der Waals surface area (Å²) in [6, 6.07) is 62.0. The Labute approximate surface area is 315 Å². The fourth-order valence-electron chi connectivity index (χ4n) is 8.02. The molecule has 4 nitrogen and oxygen atoms in total. The van der Waals surface area contributed by atoms with Gasteiger partial charge >= 0.3 is 0 Å². The molecule has 3 heterocycles. The molecule has 11 rings (SSSR count). The van der Waals surface area contributed by atoms with Gasteiger partial charge in [-0.15, -0.1) is 11.3 Å². The highest BCUT2D eigenvalue weighted by Crippen LogP contribution is 2.46. The Bertz CT molecular complexity index is 3120. The number of benzene rings is 8. The van der Waals surface area contributed by atoms with Crippen LogP contribution < -0.4 is 5.32 Å². The lowest BCUT2D eigenvalue weighted by Crippen LogP contribution is -2.34. The lowest BCUT2D eigenvalue weighted by Gasteiger charge is -2.25. The molecule has 0 aliphatic carbocycles. The number of hydrogen-bond donors (Lipinski definition) is 1. The van der Waals surface area contributed by atoms with Crippen LogP contribution in [-0.2, 0) is 0 Å². The Hall–Kier alpha value is -6.82. The zero-order valence-electron chi connectivity index (χ0n) is 29.0. The van der Waals surface area contributed by atoms with E-state index >= 15 is 0 Å². The molecule has 54 heavy (non-hydrogen) atoms. The van der Waals surface area contributed by atoms with Crippen molar-refractivity contribution in [2.75, 3.05) is 0 Å². The molecule has 0 saturated heterocycles. The third-order valence-corrected chi connectivity index (χ3v) is 11.8. The van der Waals surface area contributed by atoms with Crippen LogP contribution in [0.2, 0.25) is 0 Å². The number of furan rings is 1. The van der Waals surface area contributed by atoms with Gasteiger partial charge in [-0.3, -0.25) is 0 Å². The van der Waals surface area contributed by atoms with Gasteiger partial charge in [-0.2, -0.15) is 0 Å². The van der Waals surface area contributed by atoms with Crippen LogP contribution in [0.1, 0.15) is 22.9 Å². The van der Waals surface area contributed by atoms with Crippen LogP contribution >= 0.6 is 11.3 Å². The quantitative estimate of drug-likeness (QED) is 0.193. The molecular formula is C49H31N3OS. The zero-order chi connectivity index (χ0) is 35.6. The number of hydrogen-bond acceptors (Lipinski definition) is 5. The Morgan fingerprint density at radius 1 is 0.500 bits per heavy atom. The van der Waals surface area contributed by atoms with Gasteiger partial charge in [-0.05, 0) is 62.9 Å². The molecule has 5 heteroatoms. The maximum atomic E-state index is 6.53. The molecular weight excluding hydrogens is 679 g/mol. The van der Waals surface area contributed by atoms with Crippen LogP contribution in [0.3, 0.4) is 0 Å². The molecule has 0 radical (unpaired) electrons. The van der Waals surface area contributed by atoms with Crippen molar-refractivity contribution in [1.82, 2.24) is 5.32 Å². The molecule has 1 atom stereocenters. The Morgan fingerprint density at radius 2 is 1.22 bits per heavy atom. The molecule has 10 aromatic rings.